The van der Waals surface area contributed by atoms with E-state index in [1.165, 1.54) is 24.3 Å². The topological polar surface area (TPSA) is 64.6 Å². The molecule has 162 valence electrons. The summed E-state index contributed by atoms with van der Waals surface area (Å²) in [7, 11) is 1.32. The number of ether oxygens (including phenoxy) is 2. The van der Waals surface area contributed by atoms with E-state index in [0.717, 1.165) is 16.7 Å². The second-order valence-electron chi connectivity index (χ2n) is 7.65. The molecular weight excluding hydrogens is 402 g/mol. The van der Waals surface area contributed by atoms with Crippen molar-refractivity contribution in [1.29, 1.82) is 0 Å². The number of alkyl carbamates (subject to hydrolysis) is 1. The van der Waals surface area contributed by atoms with Gasteiger partial charge in [0.25, 0.3) is 0 Å². The van der Waals surface area contributed by atoms with Crippen LogP contribution in [-0.4, -0.2) is 31.8 Å². The summed E-state index contributed by atoms with van der Waals surface area (Å²) in [6.45, 7) is 0.235. The highest BCUT2D eigenvalue weighted by Crippen LogP contribution is 2.44. The molecule has 0 unspecified atom stereocenters. The molecule has 1 amide bonds. The zero-order valence-corrected chi connectivity index (χ0v) is 17.9. The highest BCUT2D eigenvalue weighted by Gasteiger charge is 2.29. The lowest BCUT2D eigenvalue weighted by atomic mass is 9.98. The Morgan fingerprint density at radius 2 is 1.50 bits per heavy atom. The van der Waals surface area contributed by atoms with Gasteiger partial charge in [0.15, 0.2) is 0 Å². The van der Waals surface area contributed by atoms with Gasteiger partial charge < -0.3 is 14.8 Å². The second-order valence-corrected chi connectivity index (χ2v) is 7.65. The van der Waals surface area contributed by atoms with Gasteiger partial charge in [0.05, 0.1) is 13.2 Å². The molecule has 1 aliphatic rings. The Hall–Kier alpha value is -3.86. The first-order valence-electron chi connectivity index (χ1n) is 10.6. The standard InChI is InChI=1S/C27H25NO4/c1-31-26(29)16-15-20(17-19-9-3-2-4-10-19)28-27(30)32-18-25-23-13-7-5-11-21(23)22-12-6-8-14-24(22)25/h2-16,20,25H,17-18H2,1H3,(H,28,30)/b16-15+/t20-/m1/s1. The average Bonchev–Trinajstić information content (AvgIpc) is 3.15. The van der Waals surface area contributed by atoms with Crippen LogP contribution >= 0.6 is 0 Å². The fraction of sp³-hybridized carbons (Fsp3) is 0.185. The molecule has 0 radical (unpaired) electrons. The molecule has 5 nitrogen and oxygen atoms in total. The van der Waals surface area contributed by atoms with Crippen molar-refractivity contribution in [3.63, 3.8) is 0 Å². The minimum absolute atomic E-state index is 0.00802. The normalized spacial score (nSPS) is 13.3. The lowest BCUT2D eigenvalue weighted by molar-refractivity contribution is -0.134. The number of hydrogen-bond acceptors (Lipinski definition) is 4. The van der Waals surface area contributed by atoms with Gasteiger partial charge in [0.2, 0.25) is 0 Å². The first-order chi connectivity index (χ1) is 15.7. The maximum Gasteiger partial charge on any atom is 0.407 e. The molecule has 1 aliphatic carbocycles. The Labute approximate surface area is 187 Å². The molecule has 5 heteroatoms. The summed E-state index contributed by atoms with van der Waals surface area (Å²) in [5.74, 6) is -0.483. The number of rotatable bonds is 7. The minimum atomic E-state index is -0.526. The van der Waals surface area contributed by atoms with E-state index in [1.54, 1.807) is 6.08 Å². The Morgan fingerprint density at radius 3 is 2.12 bits per heavy atom. The molecule has 3 aromatic carbocycles. The molecule has 0 saturated carbocycles. The molecule has 32 heavy (non-hydrogen) atoms. The third-order valence-electron chi connectivity index (χ3n) is 5.61. The van der Waals surface area contributed by atoms with E-state index in [2.05, 4.69) is 34.3 Å². The van der Waals surface area contributed by atoms with Gasteiger partial charge in [-0.25, -0.2) is 9.59 Å². The van der Waals surface area contributed by atoms with Gasteiger partial charge in [-0.15, -0.1) is 0 Å². The smallest absolute Gasteiger partial charge is 0.407 e. The minimum Gasteiger partial charge on any atom is -0.466 e. The third-order valence-corrected chi connectivity index (χ3v) is 5.61. The molecule has 3 aromatic rings. The van der Waals surface area contributed by atoms with Gasteiger partial charge in [-0.1, -0.05) is 84.9 Å². The van der Waals surface area contributed by atoms with Crippen LogP contribution < -0.4 is 5.32 Å². The molecule has 0 aliphatic heterocycles. The highest BCUT2D eigenvalue weighted by molar-refractivity contribution is 5.82. The maximum atomic E-state index is 12.7. The predicted octanol–water partition coefficient (Wildman–Crippen LogP) is 4.87. The largest absolute Gasteiger partial charge is 0.466 e. The average molecular weight is 428 g/mol. The van der Waals surface area contributed by atoms with Crippen LogP contribution in [0.15, 0.2) is 91.0 Å². The predicted molar refractivity (Wildman–Crippen MR) is 123 cm³/mol. The lowest BCUT2D eigenvalue weighted by Gasteiger charge is -2.18. The summed E-state index contributed by atoms with van der Waals surface area (Å²) in [4.78, 5) is 24.2. The van der Waals surface area contributed by atoms with Crippen LogP contribution in [0.5, 0.6) is 0 Å². The Morgan fingerprint density at radius 1 is 0.906 bits per heavy atom. The molecule has 0 aromatic heterocycles. The zero-order valence-electron chi connectivity index (χ0n) is 17.9. The first-order valence-corrected chi connectivity index (χ1v) is 10.6. The van der Waals surface area contributed by atoms with Gasteiger partial charge in [-0.05, 0) is 34.2 Å². The Kier molecular flexibility index (Phi) is 6.66. The van der Waals surface area contributed by atoms with Crippen molar-refractivity contribution in [3.8, 4) is 11.1 Å². The quantitative estimate of drug-likeness (QED) is 0.432. The summed E-state index contributed by atoms with van der Waals surface area (Å²) in [6.07, 6.45) is 2.94. The van der Waals surface area contributed by atoms with Gasteiger partial charge in [0.1, 0.15) is 6.61 Å². The van der Waals surface area contributed by atoms with Crippen molar-refractivity contribution in [2.45, 2.75) is 18.4 Å². The van der Waals surface area contributed by atoms with Crippen LogP contribution in [-0.2, 0) is 20.7 Å². The fourth-order valence-corrected chi connectivity index (χ4v) is 4.09. The number of fused-ring (bicyclic) bond motifs is 3. The zero-order chi connectivity index (χ0) is 22.3. The number of carbonyl (C=O) groups excluding carboxylic acids is 2. The first kappa shape index (κ1) is 21.4. The number of methoxy groups -OCH3 is 1. The number of esters is 1. The van der Waals surface area contributed by atoms with E-state index in [9.17, 15) is 9.59 Å². The number of hydrogen-bond donors (Lipinski definition) is 1. The van der Waals surface area contributed by atoms with Crippen molar-refractivity contribution >= 4 is 12.1 Å². The van der Waals surface area contributed by atoms with E-state index in [4.69, 9.17) is 4.74 Å². The maximum absolute atomic E-state index is 12.7. The van der Waals surface area contributed by atoms with E-state index in [0.29, 0.717) is 6.42 Å². The van der Waals surface area contributed by atoms with Gasteiger partial charge in [0, 0.05) is 12.0 Å². The summed E-state index contributed by atoms with van der Waals surface area (Å²) in [6, 6.07) is 25.7. The van der Waals surface area contributed by atoms with Gasteiger partial charge in [-0.3, -0.25) is 0 Å². The van der Waals surface area contributed by atoms with Crippen molar-refractivity contribution in [2.24, 2.45) is 0 Å². The summed E-state index contributed by atoms with van der Waals surface area (Å²) < 4.78 is 10.3. The number of amides is 1. The molecule has 0 bridgehead atoms. The Bertz CT molecular complexity index is 1080. The number of nitrogens with one attached hydrogen (secondary N) is 1. The number of carbonyl (C=O) groups is 2. The molecular formula is C27H25NO4. The highest BCUT2D eigenvalue weighted by atomic mass is 16.5. The summed E-state index contributed by atoms with van der Waals surface area (Å²) >= 11 is 0. The molecule has 0 saturated heterocycles. The molecule has 0 spiro atoms. The molecule has 4 rings (SSSR count). The van der Waals surface area contributed by atoms with Crippen LogP contribution in [0.1, 0.15) is 22.6 Å². The SMILES string of the molecule is COC(=O)/C=C/[C@H](Cc1ccccc1)NC(=O)OCC1c2ccccc2-c2ccccc21. The van der Waals surface area contributed by atoms with E-state index < -0.39 is 18.1 Å². The van der Waals surface area contributed by atoms with Crippen molar-refractivity contribution in [2.75, 3.05) is 13.7 Å². The second kappa shape index (κ2) is 9.96. The van der Waals surface area contributed by atoms with Crippen LogP contribution in [0.2, 0.25) is 0 Å². The monoisotopic (exact) mass is 427 g/mol. The van der Waals surface area contributed by atoms with Crippen LogP contribution in [0.25, 0.3) is 11.1 Å². The summed E-state index contributed by atoms with van der Waals surface area (Å²) in [5.41, 5.74) is 5.71. The Balaban J connectivity index is 1.44. The van der Waals surface area contributed by atoms with Crippen LogP contribution in [0.3, 0.4) is 0 Å². The van der Waals surface area contributed by atoms with Gasteiger partial charge >= 0.3 is 12.1 Å². The van der Waals surface area contributed by atoms with E-state index in [1.807, 2.05) is 54.6 Å². The third kappa shape index (κ3) is 4.89. The van der Waals surface area contributed by atoms with Crippen molar-refractivity contribution in [1.82, 2.24) is 5.32 Å². The summed E-state index contributed by atoms with van der Waals surface area (Å²) in [5, 5.41) is 2.86. The van der Waals surface area contributed by atoms with Crippen LogP contribution in [0.4, 0.5) is 4.79 Å². The molecule has 1 atom stereocenters. The van der Waals surface area contributed by atoms with Crippen LogP contribution in [0, 0.1) is 0 Å². The van der Waals surface area contributed by atoms with E-state index >= 15 is 0 Å². The lowest BCUT2D eigenvalue weighted by Crippen LogP contribution is -2.36. The number of benzene rings is 3. The molecule has 0 fully saturated rings. The molecule has 0 heterocycles. The fourth-order valence-electron chi connectivity index (χ4n) is 4.09. The van der Waals surface area contributed by atoms with Crippen molar-refractivity contribution < 1.29 is 19.1 Å². The van der Waals surface area contributed by atoms with Gasteiger partial charge in [-0.2, -0.15) is 0 Å². The molecule has 1 N–H and O–H groups in total. The van der Waals surface area contributed by atoms with E-state index in [-0.39, 0.29) is 12.5 Å². The van der Waals surface area contributed by atoms with Crippen molar-refractivity contribution in [3.05, 3.63) is 108 Å².